The molecule has 0 N–H and O–H groups in total. The molecule has 0 aliphatic heterocycles. The zero-order valence-corrected chi connectivity index (χ0v) is 11.0. The van der Waals surface area contributed by atoms with E-state index in [1.54, 1.807) is 37.3 Å². The first-order valence-electron chi connectivity index (χ1n) is 6.13. The first kappa shape index (κ1) is 13.8. The summed E-state index contributed by atoms with van der Waals surface area (Å²) in [6, 6.07) is 15.0. The summed E-state index contributed by atoms with van der Waals surface area (Å²) in [6.07, 6.45) is 0. The number of amides is 1. The lowest BCUT2D eigenvalue weighted by Crippen LogP contribution is -2.32. The van der Waals surface area contributed by atoms with Crippen molar-refractivity contribution in [3.63, 3.8) is 0 Å². The predicted molar refractivity (Wildman–Crippen MR) is 74.9 cm³/mol. The van der Waals surface area contributed by atoms with Crippen molar-refractivity contribution in [3.8, 4) is 6.07 Å². The third kappa shape index (κ3) is 2.83. The van der Waals surface area contributed by atoms with Gasteiger partial charge in [-0.3, -0.25) is 9.69 Å². The molecular weight excluding hydrogens is 255 g/mol. The molecule has 0 aromatic heterocycles. The van der Waals surface area contributed by atoms with Gasteiger partial charge in [0.25, 0.3) is 5.91 Å². The van der Waals surface area contributed by atoms with Gasteiger partial charge >= 0.3 is 0 Å². The molecule has 0 bridgehead atoms. The second-order valence-electron chi connectivity index (χ2n) is 4.37. The van der Waals surface area contributed by atoms with Crippen LogP contribution in [0.5, 0.6) is 0 Å². The molecule has 100 valence electrons. The van der Waals surface area contributed by atoms with Gasteiger partial charge in [-0.25, -0.2) is 4.39 Å². The van der Waals surface area contributed by atoms with Gasteiger partial charge in [0.1, 0.15) is 12.4 Å². The largest absolute Gasteiger partial charge is 0.294 e. The van der Waals surface area contributed by atoms with E-state index < -0.39 is 11.7 Å². The average Bonchev–Trinajstić information content (AvgIpc) is 2.47. The Morgan fingerprint density at radius 3 is 2.60 bits per heavy atom. The first-order valence-corrected chi connectivity index (χ1v) is 6.13. The van der Waals surface area contributed by atoms with E-state index in [1.165, 1.54) is 17.0 Å². The molecule has 0 saturated carbocycles. The molecule has 0 spiro atoms. The van der Waals surface area contributed by atoms with Crippen LogP contribution < -0.4 is 4.90 Å². The number of benzene rings is 2. The lowest BCUT2D eigenvalue weighted by Gasteiger charge is -2.20. The number of nitriles is 1. The molecule has 0 fully saturated rings. The monoisotopic (exact) mass is 268 g/mol. The Hall–Kier alpha value is -2.67. The van der Waals surface area contributed by atoms with Crippen LogP contribution in [0.2, 0.25) is 0 Å². The van der Waals surface area contributed by atoms with Crippen LogP contribution in [0.15, 0.2) is 48.5 Å². The molecule has 0 aliphatic rings. The Morgan fingerprint density at radius 1 is 1.25 bits per heavy atom. The predicted octanol–water partition coefficient (Wildman–Crippen LogP) is 3.30. The highest BCUT2D eigenvalue weighted by atomic mass is 19.1. The van der Waals surface area contributed by atoms with Gasteiger partial charge in [-0.15, -0.1) is 0 Å². The second kappa shape index (κ2) is 5.98. The summed E-state index contributed by atoms with van der Waals surface area (Å²) in [5, 5.41) is 8.88. The number of carbonyl (C=O) groups is 1. The molecule has 3 nitrogen and oxygen atoms in total. The average molecular weight is 268 g/mol. The van der Waals surface area contributed by atoms with Gasteiger partial charge < -0.3 is 0 Å². The Morgan fingerprint density at radius 2 is 1.95 bits per heavy atom. The smallest absolute Gasteiger partial charge is 0.262 e. The lowest BCUT2D eigenvalue weighted by atomic mass is 10.1. The van der Waals surface area contributed by atoms with E-state index >= 15 is 0 Å². The Bertz CT molecular complexity index is 662. The highest BCUT2D eigenvalue weighted by Gasteiger charge is 2.20. The van der Waals surface area contributed by atoms with Crippen LogP contribution in [-0.4, -0.2) is 12.5 Å². The van der Waals surface area contributed by atoms with E-state index in [-0.39, 0.29) is 12.1 Å². The highest BCUT2D eigenvalue weighted by Crippen LogP contribution is 2.19. The van der Waals surface area contributed by atoms with Crippen LogP contribution in [0.1, 0.15) is 15.9 Å². The lowest BCUT2D eigenvalue weighted by molar-refractivity contribution is 0.0986. The van der Waals surface area contributed by atoms with E-state index in [9.17, 15) is 9.18 Å². The van der Waals surface area contributed by atoms with Gasteiger partial charge in [0.05, 0.1) is 11.6 Å². The summed E-state index contributed by atoms with van der Waals surface area (Å²) in [5.41, 5.74) is 1.34. The fourth-order valence-corrected chi connectivity index (χ4v) is 1.91. The van der Waals surface area contributed by atoms with Crippen molar-refractivity contribution in [1.29, 1.82) is 5.26 Å². The molecule has 0 saturated heterocycles. The summed E-state index contributed by atoms with van der Waals surface area (Å²) >= 11 is 0. The first-order chi connectivity index (χ1) is 9.63. The zero-order chi connectivity index (χ0) is 14.5. The third-order valence-corrected chi connectivity index (χ3v) is 2.89. The van der Waals surface area contributed by atoms with Crippen molar-refractivity contribution in [3.05, 3.63) is 65.5 Å². The molecule has 1 amide bonds. The van der Waals surface area contributed by atoms with Crippen LogP contribution in [-0.2, 0) is 0 Å². The van der Waals surface area contributed by atoms with Crippen molar-refractivity contribution in [2.75, 3.05) is 11.4 Å². The zero-order valence-electron chi connectivity index (χ0n) is 11.0. The van der Waals surface area contributed by atoms with Crippen LogP contribution in [0.4, 0.5) is 10.1 Å². The topological polar surface area (TPSA) is 44.1 Å². The minimum atomic E-state index is -0.584. The Balaban J connectivity index is 2.42. The van der Waals surface area contributed by atoms with Gasteiger partial charge in [0.2, 0.25) is 0 Å². The van der Waals surface area contributed by atoms with Crippen molar-refractivity contribution in [2.45, 2.75) is 6.92 Å². The van der Waals surface area contributed by atoms with Crippen LogP contribution in [0.25, 0.3) is 0 Å². The summed E-state index contributed by atoms with van der Waals surface area (Å²) < 4.78 is 13.8. The molecule has 2 aromatic carbocycles. The maximum atomic E-state index is 13.8. The summed E-state index contributed by atoms with van der Waals surface area (Å²) in [6.45, 7) is 1.66. The maximum Gasteiger partial charge on any atom is 0.262 e. The number of rotatable bonds is 3. The SMILES string of the molecule is Cc1ccc(F)c(C(=O)N(CC#N)c2ccccc2)c1. The summed E-state index contributed by atoms with van der Waals surface area (Å²) in [7, 11) is 0. The van der Waals surface area contributed by atoms with Gasteiger partial charge in [-0.2, -0.15) is 5.26 Å². The molecule has 20 heavy (non-hydrogen) atoms. The quantitative estimate of drug-likeness (QED) is 0.802. The van der Waals surface area contributed by atoms with E-state index in [0.29, 0.717) is 5.69 Å². The molecule has 4 heteroatoms. The van der Waals surface area contributed by atoms with Crippen LogP contribution >= 0.6 is 0 Å². The molecule has 0 heterocycles. The fourth-order valence-electron chi connectivity index (χ4n) is 1.91. The van der Waals surface area contributed by atoms with Gasteiger partial charge in [0.15, 0.2) is 0 Å². The molecule has 0 atom stereocenters. The van der Waals surface area contributed by atoms with Crippen LogP contribution in [0.3, 0.4) is 0 Å². The maximum absolute atomic E-state index is 13.8. The Kier molecular flexibility index (Phi) is 4.11. The molecule has 0 aliphatic carbocycles. The number of para-hydroxylation sites is 1. The van der Waals surface area contributed by atoms with Gasteiger partial charge in [0, 0.05) is 5.69 Å². The second-order valence-corrected chi connectivity index (χ2v) is 4.37. The number of aryl methyl sites for hydroxylation is 1. The fraction of sp³-hybridized carbons (Fsp3) is 0.125. The number of hydrogen-bond donors (Lipinski definition) is 0. The van der Waals surface area contributed by atoms with Crippen molar-refractivity contribution in [2.24, 2.45) is 0 Å². The normalized spacial score (nSPS) is 9.85. The number of carbonyl (C=O) groups excluding carboxylic acids is 1. The molecule has 0 radical (unpaired) electrons. The van der Waals surface area contributed by atoms with Crippen LogP contribution in [0, 0.1) is 24.1 Å². The molecule has 2 aromatic rings. The van der Waals surface area contributed by atoms with E-state index in [4.69, 9.17) is 5.26 Å². The van der Waals surface area contributed by atoms with Crippen molar-refractivity contribution >= 4 is 11.6 Å². The number of anilines is 1. The van der Waals surface area contributed by atoms with E-state index in [1.807, 2.05) is 12.1 Å². The van der Waals surface area contributed by atoms with Crippen molar-refractivity contribution in [1.82, 2.24) is 0 Å². The minimum absolute atomic E-state index is 0.0240. The summed E-state index contributed by atoms with van der Waals surface area (Å²) in [4.78, 5) is 13.7. The Labute approximate surface area is 116 Å². The minimum Gasteiger partial charge on any atom is -0.294 e. The molecule has 2 rings (SSSR count). The molecular formula is C16H13FN2O. The summed E-state index contributed by atoms with van der Waals surface area (Å²) in [5.74, 6) is -1.10. The van der Waals surface area contributed by atoms with Gasteiger partial charge in [-0.05, 0) is 31.2 Å². The van der Waals surface area contributed by atoms with E-state index in [0.717, 1.165) is 5.56 Å². The number of nitrogens with zero attached hydrogens (tertiary/aromatic N) is 2. The van der Waals surface area contributed by atoms with Gasteiger partial charge in [-0.1, -0.05) is 29.8 Å². The van der Waals surface area contributed by atoms with E-state index in [2.05, 4.69) is 0 Å². The molecule has 0 unspecified atom stereocenters. The third-order valence-electron chi connectivity index (χ3n) is 2.89. The number of hydrogen-bond acceptors (Lipinski definition) is 2. The van der Waals surface area contributed by atoms with Crippen molar-refractivity contribution < 1.29 is 9.18 Å². The number of halogens is 1. The standard InChI is InChI=1S/C16H13FN2O/c1-12-7-8-15(17)14(11-12)16(20)19(10-9-18)13-5-3-2-4-6-13/h2-8,11H,10H2,1H3. The highest BCUT2D eigenvalue weighted by molar-refractivity contribution is 6.06.